The lowest BCUT2D eigenvalue weighted by atomic mass is 10.0. The van der Waals surface area contributed by atoms with Crippen LogP contribution in [0.25, 0.3) is 0 Å². The van der Waals surface area contributed by atoms with Crippen molar-refractivity contribution in [3.63, 3.8) is 0 Å². The van der Waals surface area contributed by atoms with E-state index in [2.05, 4.69) is 49.0 Å². The zero-order valence-corrected chi connectivity index (χ0v) is 12.2. The molecule has 0 heterocycles. The van der Waals surface area contributed by atoms with E-state index in [0.717, 1.165) is 12.3 Å². The predicted octanol–water partition coefficient (Wildman–Crippen LogP) is 4.39. The molecule has 1 aliphatic carbocycles. The van der Waals surface area contributed by atoms with Crippen molar-refractivity contribution in [2.45, 2.75) is 50.3 Å². The lowest BCUT2D eigenvalue weighted by Crippen LogP contribution is -2.24. The van der Waals surface area contributed by atoms with Crippen LogP contribution < -0.4 is 5.73 Å². The largest absolute Gasteiger partial charge is 0.323 e. The molecule has 2 rings (SSSR count). The third-order valence-electron chi connectivity index (χ3n) is 4.01. The minimum absolute atomic E-state index is 0.183. The van der Waals surface area contributed by atoms with Crippen molar-refractivity contribution in [1.82, 2.24) is 0 Å². The highest BCUT2D eigenvalue weighted by Gasteiger charge is 2.21. The van der Waals surface area contributed by atoms with Crippen molar-refractivity contribution in [2.75, 3.05) is 5.75 Å². The number of thioether (sulfide) groups is 1. The Balaban J connectivity index is 1.87. The lowest BCUT2D eigenvalue weighted by Gasteiger charge is -2.24. The van der Waals surface area contributed by atoms with Crippen molar-refractivity contribution in [2.24, 2.45) is 11.7 Å². The molecule has 1 aromatic carbocycles. The van der Waals surface area contributed by atoms with Gasteiger partial charge < -0.3 is 5.73 Å². The highest BCUT2D eigenvalue weighted by atomic mass is 32.2. The molecule has 1 aromatic rings. The Morgan fingerprint density at radius 1 is 1.22 bits per heavy atom. The summed E-state index contributed by atoms with van der Waals surface area (Å²) in [6.07, 6.45) is 6.90. The average Bonchev–Trinajstić information content (AvgIpc) is 2.93. The molecule has 100 valence electrons. The van der Waals surface area contributed by atoms with Crippen LogP contribution in [0.5, 0.6) is 0 Å². The first-order valence-corrected chi connectivity index (χ1v) is 8.28. The second-order valence-corrected chi connectivity index (χ2v) is 6.64. The van der Waals surface area contributed by atoms with E-state index in [9.17, 15) is 0 Å². The normalized spacial score (nSPS) is 19.9. The Hall–Kier alpha value is -0.470. The summed E-state index contributed by atoms with van der Waals surface area (Å²) in [5.74, 6) is 2.26. The SMILES string of the molecule is CCC(SCC1CCCC1)C(N)c1ccccc1. The second-order valence-electron chi connectivity index (χ2n) is 5.37. The maximum Gasteiger partial charge on any atom is 0.0415 e. The third-order valence-corrected chi connectivity index (χ3v) is 5.73. The fourth-order valence-corrected chi connectivity index (χ4v) is 4.25. The van der Waals surface area contributed by atoms with Crippen molar-refractivity contribution in [3.05, 3.63) is 35.9 Å². The zero-order valence-electron chi connectivity index (χ0n) is 11.3. The van der Waals surface area contributed by atoms with Crippen LogP contribution in [0.1, 0.15) is 50.6 Å². The Morgan fingerprint density at radius 3 is 2.50 bits per heavy atom. The smallest absolute Gasteiger partial charge is 0.0415 e. The summed E-state index contributed by atoms with van der Waals surface area (Å²) in [6.45, 7) is 2.26. The maximum absolute atomic E-state index is 6.41. The Kier molecular flexibility index (Phi) is 5.58. The highest BCUT2D eigenvalue weighted by Crippen LogP contribution is 2.33. The van der Waals surface area contributed by atoms with E-state index in [-0.39, 0.29) is 6.04 Å². The quantitative estimate of drug-likeness (QED) is 0.824. The van der Waals surface area contributed by atoms with Crippen LogP contribution in [-0.4, -0.2) is 11.0 Å². The summed E-state index contributed by atoms with van der Waals surface area (Å²) in [6, 6.07) is 10.7. The molecule has 1 fully saturated rings. The molecular weight excluding hydrogens is 238 g/mol. The van der Waals surface area contributed by atoms with Crippen LogP contribution in [0.3, 0.4) is 0 Å². The summed E-state index contributed by atoms with van der Waals surface area (Å²) in [5.41, 5.74) is 7.69. The van der Waals surface area contributed by atoms with E-state index in [0.29, 0.717) is 5.25 Å². The van der Waals surface area contributed by atoms with Gasteiger partial charge in [-0.3, -0.25) is 0 Å². The van der Waals surface area contributed by atoms with Gasteiger partial charge in [-0.05, 0) is 36.5 Å². The molecule has 2 N–H and O–H groups in total. The van der Waals surface area contributed by atoms with Crippen molar-refractivity contribution >= 4 is 11.8 Å². The van der Waals surface area contributed by atoms with Crippen molar-refractivity contribution in [3.8, 4) is 0 Å². The minimum Gasteiger partial charge on any atom is -0.323 e. The van der Waals surface area contributed by atoms with Gasteiger partial charge in [0, 0.05) is 11.3 Å². The van der Waals surface area contributed by atoms with E-state index in [1.807, 2.05) is 0 Å². The van der Waals surface area contributed by atoms with Crippen LogP contribution in [0.15, 0.2) is 30.3 Å². The molecule has 0 bridgehead atoms. The molecule has 2 atom stereocenters. The van der Waals surface area contributed by atoms with Gasteiger partial charge in [0.15, 0.2) is 0 Å². The van der Waals surface area contributed by atoms with E-state index in [4.69, 9.17) is 5.73 Å². The molecule has 2 heteroatoms. The predicted molar refractivity (Wildman–Crippen MR) is 81.9 cm³/mol. The molecule has 18 heavy (non-hydrogen) atoms. The fourth-order valence-electron chi connectivity index (χ4n) is 2.80. The number of hydrogen-bond acceptors (Lipinski definition) is 2. The first-order valence-electron chi connectivity index (χ1n) is 7.23. The van der Waals surface area contributed by atoms with Gasteiger partial charge in [0.1, 0.15) is 0 Å². The highest BCUT2D eigenvalue weighted by molar-refractivity contribution is 7.99. The van der Waals surface area contributed by atoms with Crippen LogP contribution in [0.2, 0.25) is 0 Å². The summed E-state index contributed by atoms with van der Waals surface area (Å²) < 4.78 is 0. The van der Waals surface area contributed by atoms with Crippen molar-refractivity contribution in [1.29, 1.82) is 0 Å². The molecule has 0 saturated heterocycles. The molecule has 0 spiro atoms. The molecule has 0 aromatic heterocycles. The van der Waals surface area contributed by atoms with Gasteiger partial charge in [-0.25, -0.2) is 0 Å². The Labute approximate surface area is 116 Å². The van der Waals surface area contributed by atoms with Crippen molar-refractivity contribution < 1.29 is 0 Å². The molecule has 1 aliphatic rings. The van der Waals surface area contributed by atoms with Crippen LogP contribution in [0.4, 0.5) is 0 Å². The third kappa shape index (κ3) is 3.76. The van der Waals surface area contributed by atoms with Gasteiger partial charge in [-0.2, -0.15) is 11.8 Å². The molecule has 2 unspecified atom stereocenters. The second kappa shape index (κ2) is 7.20. The topological polar surface area (TPSA) is 26.0 Å². The fraction of sp³-hybridized carbons (Fsp3) is 0.625. The Bertz CT molecular complexity index is 332. The molecule has 0 amide bonds. The van der Waals surface area contributed by atoms with Crippen LogP contribution >= 0.6 is 11.8 Å². The summed E-state index contributed by atoms with van der Waals surface area (Å²) >= 11 is 2.10. The number of hydrogen-bond donors (Lipinski definition) is 1. The summed E-state index contributed by atoms with van der Waals surface area (Å²) in [4.78, 5) is 0. The maximum atomic E-state index is 6.41. The van der Waals surface area contributed by atoms with E-state index >= 15 is 0 Å². The molecule has 0 radical (unpaired) electrons. The van der Waals surface area contributed by atoms with Gasteiger partial charge in [0.25, 0.3) is 0 Å². The van der Waals surface area contributed by atoms with Gasteiger partial charge in [0.05, 0.1) is 0 Å². The van der Waals surface area contributed by atoms with Crippen LogP contribution in [-0.2, 0) is 0 Å². The summed E-state index contributed by atoms with van der Waals surface area (Å²) in [7, 11) is 0. The lowest BCUT2D eigenvalue weighted by molar-refractivity contribution is 0.611. The van der Waals surface area contributed by atoms with Gasteiger partial charge in [0.2, 0.25) is 0 Å². The van der Waals surface area contributed by atoms with E-state index in [1.165, 1.54) is 37.0 Å². The summed E-state index contributed by atoms with van der Waals surface area (Å²) in [5, 5.41) is 0.563. The first kappa shape index (κ1) is 14.0. The number of benzene rings is 1. The molecular formula is C16H25NS. The first-order chi connectivity index (χ1) is 8.81. The van der Waals surface area contributed by atoms with Gasteiger partial charge >= 0.3 is 0 Å². The van der Waals surface area contributed by atoms with Crippen LogP contribution in [0, 0.1) is 5.92 Å². The number of rotatable bonds is 6. The van der Waals surface area contributed by atoms with Gasteiger partial charge in [-0.1, -0.05) is 50.1 Å². The Morgan fingerprint density at radius 2 is 1.89 bits per heavy atom. The zero-order chi connectivity index (χ0) is 12.8. The van der Waals surface area contributed by atoms with Gasteiger partial charge in [-0.15, -0.1) is 0 Å². The minimum atomic E-state index is 0.183. The molecule has 0 aliphatic heterocycles. The van der Waals surface area contributed by atoms with E-state index < -0.39 is 0 Å². The number of nitrogens with two attached hydrogens (primary N) is 1. The van der Waals surface area contributed by atoms with E-state index in [1.54, 1.807) is 0 Å². The monoisotopic (exact) mass is 263 g/mol. The standard InChI is InChI=1S/C16H25NS/c1-2-15(18-12-13-8-6-7-9-13)16(17)14-10-4-3-5-11-14/h3-5,10-11,13,15-16H,2,6-9,12,17H2,1H3. The molecule has 1 saturated carbocycles. The molecule has 1 nitrogen and oxygen atoms in total. The average molecular weight is 263 g/mol.